The Bertz CT molecular complexity index is 448. The number of amides is 1. The first-order chi connectivity index (χ1) is 7.66. The van der Waals surface area contributed by atoms with Gasteiger partial charge in [0, 0.05) is 16.8 Å². The van der Waals surface area contributed by atoms with E-state index in [9.17, 15) is 9.90 Å². The van der Waals surface area contributed by atoms with Crippen molar-refractivity contribution in [2.24, 2.45) is 4.99 Å². The number of aliphatic imine (C=N–C) groups is 1. The molecule has 1 aliphatic heterocycles. The van der Waals surface area contributed by atoms with E-state index in [1.54, 1.807) is 12.1 Å². The largest absolute Gasteiger partial charge is 0.507 e. The van der Waals surface area contributed by atoms with Crippen LogP contribution >= 0.6 is 11.6 Å². The average Bonchev–Trinajstić information content (AvgIpc) is 2.66. The van der Waals surface area contributed by atoms with Gasteiger partial charge < -0.3 is 5.11 Å². The van der Waals surface area contributed by atoms with Gasteiger partial charge in [0.05, 0.1) is 0 Å². The number of phenolic OH excluding ortho intramolecular Hbond substituents is 1. The highest BCUT2D eigenvalue weighted by molar-refractivity contribution is 6.30. The highest BCUT2D eigenvalue weighted by Crippen LogP contribution is 2.19. The van der Waals surface area contributed by atoms with E-state index in [0.717, 1.165) is 0 Å². The van der Waals surface area contributed by atoms with Crippen molar-refractivity contribution in [3.8, 4) is 5.75 Å². The van der Waals surface area contributed by atoms with Gasteiger partial charge in [0.15, 0.2) is 6.04 Å². The van der Waals surface area contributed by atoms with Crippen LogP contribution in [0.15, 0.2) is 23.2 Å². The van der Waals surface area contributed by atoms with Crippen LogP contribution in [-0.4, -0.2) is 29.9 Å². The van der Waals surface area contributed by atoms with Gasteiger partial charge in [-0.15, -0.1) is 0 Å². The molecule has 16 heavy (non-hydrogen) atoms. The summed E-state index contributed by atoms with van der Waals surface area (Å²) in [5.41, 5.74) is 2.66. The number of hydrogen-bond acceptors (Lipinski definition) is 4. The van der Waals surface area contributed by atoms with Crippen LogP contribution in [0, 0.1) is 0 Å². The first-order valence-corrected chi connectivity index (χ1v) is 4.98. The predicted octanol–water partition coefficient (Wildman–Crippen LogP) is 0.894. The molecule has 6 heteroatoms. The fourth-order valence-corrected chi connectivity index (χ4v) is 1.43. The molecule has 0 bridgehead atoms. The van der Waals surface area contributed by atoms with Crippen LogP contribution in [0.5, 0.6) is 5.75 Å². The number of hydroxylamine groups is 1. The molecule has 1 aromatic carbocycles. The smallest absolute Gasteiger partial charge is 0.270 e. The molecule has 1 aromatic rings. The number of phenols is 1. The molecule has 0 saturated carbocycles. The lowest BCUT2D eigenvalue weighted by atomic mass is 10.2. The van der Waals surface area contributed by atoms with Gasteiger partial charge in [-0.05, 0) is 18.2 Å². The van der Waals surface area contributed by atoms with Gasteiger partial charge in [0.25, 0.3) is 5.91 Å². The van der Waals surface area contributed by atoms with E-state index in [0.29, 0.717) is 10.6 Å². The maximum atomic E-state index is 11.1. The fraction of sp³-hybridized carbons (Fsp3) is 0.200. The molecule has 1 unspecified atom stereocenters. The Balaban J connectivity index is 2.16. The summed E-state index contributed by atoms with van der Waals surface area (Å²) >= 11 is 5.76. The quantitative estimate of drug-likeness (QED) is 0.755. The normalized spacial score (nSPS) is 20.3. The van der Waals surface area contributed by atoms with E-state index in [2.05, 4.69) is 10.5 Å². The van der Waals surface area contributed by atoms with Gasteiger partial charge in [-0.2, -0.15) is 0 Å². The Morgan fingerprint density at radius 1 is 1.62 bits per heavy atom. The number of benzene rings is 1. The third kappa shape index (κ3) is 2.32. The van der Waals surface area contributed by atoms with Crippen molar-refractivity contribution in [2.45, 2.75) is 6.04 Å². The number of nitrogens with one attached hydrogen (secondary N) is 1. The lowest BCUT2D eigenvalue weighted by Crippen LogP contribution is -2.21. The number of halogens is 1. The highest BCUT2D eigenvalue weighted by atomic mass is 35.5. The molecule has 0 spiro atoms. The van der Waals surface area contributed by atoms with Crippen molar-refractivity contribution in [3.05, 3.63) is 28.8 Å². The Labute approximate surface area is 96.7 Å². The first kappa shape index (κ1) is 10.9. The highest BCUT2D eigenvalue weighted by Gasteiger charge is 2.23. The molecule has 1 aliphatic rings. The van der Waals surface area contributed by atoms with Crippen molar-refractivity contribution >= 4 is 23.7 Å². The van der Waals surface area contributed by atoms with Crippen LogP contribution in [-0.2, 0) is 9.63 Å². The van der Waals surface area contributed by atoms with Crippen molar-refractivity contribution in [1.82, 2.24) is 5.48 Å². The molecule has 84 valence electrons. The zero-order chi connectivity index (χ0) is 11.5. The van der Waals surface area contributed by atoms with Gasteiger partial charge in [-0.25, -0.2) is 5.48 Å². The molecule has 5 nitrogen and oxygen atoms in total. The molecule has 0 aliphatic carbocycles. The second-order valence-corrected chi connectivity index (χ2v) is 3.71. The van der Waals surface area contributed by atoms with Crippen molar-refractivity contribution < 1.29 is 14.7 Å². The summed E-state index contributed by atoms with van der Waals surface area (Å²) in [4.78, 5) is 19.8. The molecule has 1 saturated heterocycles. The summed E-state index contributed by atoms with van der Waals surface area (Å²) < 4.78 is 0. The topological polar surface area (TPSA) is 70.9 Å². The zero-order valence-corrected chi connectivity index (χ0v) is 8.94. The minimum atomic E-state index is -0.571. The number of aromatic hydroxyl groups is 1. The number of carbonyl (C=O) groups is 1. The Morgan fingerprint density at radius 2 is 2.44 bits per heavy atom. The van der Waals surface area contributed by atoms with Crippen LogP contribution in [0.4, 0.5) is 0 Å². The van der Waals surface area contributed by atoms with E-state index >= 15 is 0 Å². The standard InChI is InChI=1S/C10H9ClN2O3/c11-7-1-2-9(14)6(3-7)4-12-8-5-16-13-10(8)15/h1-4,8,14H,5H2,(H,13,15). The van der Waals surface area contributed by atoms with E-state index < -0.39 is 6.04 Å². The third-order valence-corrected chi connectivity index (χ3v) is 2.33. The van der Waals surface area contributed by atoms with Gasteiger partial charge in [-0.3, -0.25) is 14.6 Å². The molecule has 2 rings (SSSR count). The summed E-state index contributed by atoms with van der Waals surface area (Å²) in [6, 6.07) is 4.03. The van der Waals surface area contributed by atoms with Crippen LogP contribution in [0.25, 0.3) is 0 Å². The average molecular weight is 241 g/mol. The molecular formula is C10H9ClN2O3. The van der Waals surface area contributed by atoms with Gasteiger partial charge in [0.2, 0.25) is 0 Å². The van der Waals surface area contributed by atoms with Gasteiger partial charge in [-0.1, -0.05) is 11.6 Å². The minimum absolute atomic E-state index is 0.0625. The van der Waals surface area contributed by atoms with Crippen LogP contribution in [0.1, 0.15) is 5.56 Å². The first-order valence-electron chi connectivity index (χ1n) is 4.60. The monoisotopic (exact) mass is 240 g/mol. The summed E-state index contributed by atoms with van der Waals surface area (Å²) in [6.07, 6.45) is 1.40. The van der Waals surface area contributed by atoms with Crippen molar-refractivity contribution in [3.63, 3.8) is 0 Å². The molecular weight excluding hydrogens is 232 g/mol. The lowest BCUT2D eigenvalue weighted by Gasteiger charge is -2.00. The Kier molecular flexibility index (Phi) is 3.07. The van der Waals surface area contributed by atoms with Crippen molar-refractivity contribution in [2.75, 3.05) is 6.61 Å². The maximum absolute atomic E-state index is 11.1. The Hall–Kier alpha value is -1.59. The van der Waals surface area contributed by atoms with E-state index in [1.165, 1.54) is 12.3 Å². The molecule has 0 aromatic heterocycles. The molecule has 1 heterocycles. The molecule has 2 N–H and O–H groups in total. The second kappa shape index (κ2) is 4.51. The van der Waals surface area contributed by atoms with E-state index in [4.69, 9.17) is 16.4 Å². The Morgan fingerprint density at radius 3 is 3.12 bits per heavy atom. The number of rotatable bonds is 2. The SMILES string of the molecule is O=C1NOCC1N=Cc1cc(Cl)ccc1O. The summed E-state index contributed by atoms with van der Waals surface area (Å²) in [7, 11) is 0. The zero-order valence-electron chi connectivity index (χ0n) is 8.18. The molecule has 1 amide bonds. The lowest BCUT2D eigenvalue weighted by molar-refractivity contribution is -0.124. The van der Waals surface area contributed by atoms with Crippen LogP contribution in [0.3, 0.4) is 0 Å². The maximum Gasteiger partial charge on any atom is 0.270 e. The molecule has 1 fully saturated rings. The van der Waals surface area contributed by atoms with Crippen LogP contribution < -0.4 is 5.48 Å². The van der Waals surface area contributed by atoms with Gasteiger partial charge in [0.1, 0.15) is 12.4 Å². The third-order valence-electron chi connectivity index (χ3n) is 2.10. The summed E-state index contributed by atoms with van der Waals surface area (Å²) in [6.45, 7) is 0.191. The van der Waals surface area contributed by atoms with Crippen molar-refractivity contribution in [1.29, 1.82) is 0 Å². The number of hydrogen-bond donors (Lipinski definition) is 2. The van der Waals surface area contributed by atoms with E-state index in [1.807, 2.05) is 0 Å². The summed E-state index contributed by atoms with van der Waals surface area (Å²) in [5.74, 6) is -0.231. The second-order valence-electron chi connectivity index (χ2n) is 3.27. The fourth-order valence-electron chi connectivity index (χ4n) is 1.25. The van der Waals surface area contributed by atoms with Crippen LogP contribution in [0.2, 0.25) is 5.02 Å². The molecule has 1 atom stereocenters. The molecule has 0 radical (unpaired) electrons. The van der Waals surface area contributed by atoms with E-state index in [-0.39, 0.29) is 18.3 Å². The summed E-state index contributed by atoms with van der Waals surface area (Å²) in [5, 5.41) is 9.99. The number of nitrogens with zero attached hydrogens (tertiary/aromatic N) is 1. The number of carbonyl (C=O) groups excluding carboxylic acids is 1. The predicted molar refractivity (Wildman–Crippen MR) is 58.6 cm³/mol. The minimum Gasteiger partial charge on any atom is -0.507 e. The van der Waals surface area contributed by atoms with Gasteiger partial charge >= 0.3 is 0 Å².